The lowest BCUT2D eigenvalue weighted by Crippen LogP contribution is -2.35. The molecule has 0 radical (unpaired) electrons. The van der Waals surface area contributed by atoms with E-state index in [1.807, 2.05) is 12.1 Å². The van der Waals surface area contributed by atoms with E-state index in [0.29, 0.717) is 33.7 Å². The number of aromatic nitrogens is 2. The molecule has 2 aromatic carbocycles. The van der Waals surface area contributed by atoms with Crippen LogP contribution in [0.1, 0.15) is 23.1 Å². The first-order chi connectivity index (χ1) is 14.4. The van der Waals surface area contributed by atoms with E-state index in [4.69, 9.17) is 23.2 Å². The summed E-state index contributed by atoms with van der Waals surface area (Å²) in [5.41, 5.74) is 1.55. The Hall–Kier alpha value is -2.87. The van der Waals surface area contributed by atoms with Crippen molar-refractivity contribution >= 4 is 34.9 Å². The Bertz CT molecular complexity index is 1050. The second-order valence-electron chi connectivity index (χ2n) is 6.58. The van der Waals surface area contributed by atoms with Crippen LogP contribution in [0.4, 0.5) is 10.5 Å². The Kier molecular flexibility index (Phi) is 7.46. The molecule has 0 unspecified atom stereocenters. The van der Waals surface area contributed by atoms with E-state index in [1.165, 1.54) is 6.07 Å². The van der Waals surface area contributed by atoms with Gasteiger partial charge in [-0.1, -0.05) is 35.3 Å². The average Bonchev–Trinajstić information content (AvgIpc) is 2.71. The third kappa shape index (κ3) is 6.32. The fraction of sp³-hybridized carbons (Fsp3) is 0.190. The van der Waals surface area contributed by atoms with Crippen molar-refractivity contribution in [1.29, 1.82) is 0 Å². The molecule has 1 heterocycles. The van der Waals surface area contributed by atoms with Crippen molar-refractivity contribution in [3.8, 4) is 0 Å². The van der Waals surface area contributed by atoms with Crippen molar-refractivity contribution in [2.45, 2.75) is 18.9 Å². The third-order valence-electron chi connectivity index (χ3n) is 4.27. The molecule has 4 N–H and O–H groups in total. The number of rotatable bonds is 7. The summed E-state index contributed by atoms with van der Waals surface area (Å²) in [6.07, 6.45) is 0.609. The molecule has 0 spiro atoms. The van der Waals surface area contributed by atoms with E-state index in [2.05, 4.69) is 20.6 Å². The quantitative estimate of drug-likeness (QED) is 0.443. The van der Waals surface area contributed by atoms with Crippen LogP contribution in [0, 0.1) is 0 Å². The molecule has 0 aliphatic carbocycles. The average molecular weight is 447 g/mol. The molecule has 2 amide bonds. The second-order valence-corrected chi connectivity index (χ2v) is 7.46. The standard InChI is InChI=1S/C21H20Cl2N4O3/c22-14-3-1-13(2-4-14)11-18(20-24-17(9-10-28)12-19(29)27-20)26-21(30)25-16-7-5-15(23)6-8-16/h1-8,12,18,28H,9-11H2,(H,24,27,29)(H2,25,26,30)/t18-/m0/s1. The van der Waals surface area contributed by atoms with Gasteiger partial charge in [-0.05, 0) is 48.4 Å². The van der Waals surface area contributed by atoms with Crippen LogP contribution < -0.4 is 16.2 Å². The van der Waals surface area contributed by atoms with Crippen LogP contribution in [-0.2, 0) is 12.8 Å². The lowest BCUT2D eigenvalue weighted by molar-refractivity contribution is 0.247. The van der Waals surface area contributed by atoms with Gasteiger partial charge in [0.05, 0.1) is 11.7 Å². The maximum atomic E-state index is 12.6. The highest BCUT2D eigenvalue weighted by atomic mass is 35.5. The zero-order chi connectivity index (χ0) is 21.5. The minimum atomic E-state index is -0.621. The number of aromatic amines is 1. The zero-order valence-corrected chi connectivity index (χ0v) is 17.4. The maximum absolute atomic E-state index is 12.6. The Labute approximate surface area is 183 Å². The van der Waals surface area contributed by atoms with Crippen LogP contribution >= 0.6 is 23.2 Å². The van der Waals surface area contributed by atoms with E-state index < -0.39 is 12.1 Å². The predicted octanol–water partition coefficient (Wildman–Crippen LogP) is 3.72. The molecule has 1 aromatic heterocycles. The van der Waals surface area contributed by atoms with Crippen LogP contribution in [0.3, 0.4) is 0 Å². The van der Waals surface area contributed by atoms with Gasteiger partial charge in [0, 0.05) is 34.8 Å². The number of carbonyl (C=O) groups excluding carboxylic acids is 1. The number of halogens is 2. The van der Waals surface area contributed by atoms with Crippen LogP contribution in [0.5, 0.6) is 0 Å². The normalized spacial score (nSPS) is 11.7. The molecule has 0 saturated heterocycles. The number of anilines is 1. The number of aliphatic hydroxyl groups is 1. The fourth-order valence-electron chi connectivity index (χ4n) is 2.87. The first-order valence-corrected chi connectivity index (χ1v) is 9.97. The van der Waals surface area contributed by atoms with E-state index in [-0.39, 0.29) is 18.6 Å². The van der Waals surface area contributed by atoms with Gasteiger partial charge in [0.2, 0.25) is 0 Å². The van der Waals surface area contributed by atoms with E-state index >= 15 is 0 Å². The Morgan fingerprint density at radius 2 is 1.70 bits per heavy atom. The number of hydrogen-bond donors (Lipinski definition) is 4. The molecule has 0 fully saturated rings. The maximum Gasteiger partial charge on any atom is 0.319 e. The summed E-state index contributed by atoms with van der Waals surface area (Å²) < 4.78 is 0. The van der Waals surface area contributed by atoms with Gasteiger partial charge in [-0.2, -0.15) is 0 Å². The van der Waals surface area contributed by atoms with Gasteiger partial charge in [-0.3, -0.25) is 4.79 Å². The summed E-state index contributed by atoms with van der Waals surface area (Å²) in [5.74, 6) is 0.298. The summed E-state index contributed by atoms with van der Waals surface area (Å²) >= 11 is 11.8. The highest BCUT2D eigenvalue weighted by molar-refractivity contribution is 6.30. The number of hydrogen-bond acceptors (Lipinski definition) is 4. The number of amides is 2. The summed E-state index contributed by atoms with van der Waals surface area (Å²) in [4.78, 5) is 31.7. The Morgan fingerprint density at radius 3 is 2.33 bits per heavy atom. The monoisotopic (exact) mass is 446 g/mol. The molecule has 0 aliphatic heterocycles. The molecule has 1 atom stereocenters. The van der Waals surface area contributed by atoms with E-state index in [1.54, 1.807) is 36.4 Å². The van der Waals surface area contributed by atoms with E-state index in [9.17, 15) is 14.7 Å². The molecular formula is C21H20Cl2N4O3. The minimum Gasteiger partial charge on any atom is -0.396 e. The summed E-state index contributed by atoms with van der Waals surface area (Å²) in [5, 5.41) is 15.9. The number of aliphatic hydroxyl groups excluding tert-OH is 1. The predicted molar refractivity (Wildman–Crippen MR) is 117 cm³/mol. The number of benzene rings is 2. The zero-order valence-electron chi connectivity index (χ0n) is 15.9. The van der Waals surface area contributed by atoms with Crippen molar-refractivity contribution in [2.24, 2.45) is 0 Å². The number of nitrogens with zero attached hydrogens (tertiary/aromatic N) is 1. The molecule has 0 saturated carbocycles. The molecule has 9 heteroatoms. The second kappa shape index (κ2) is 10.2. The van der Waals surface area contributed by atoms with Crippen LogP contribution in [0.25, 0.3) is 0 Å². The smallest absolute Gasteiger partial charge is 0.319 e. The van der Waals surface area contributed by atoms with Gasteiger partial charge in [0.25, 0.3) is 5.56 Å². The van der Waals surface area contributed by atoms with Crippen LogP contribution in [0.15, 0.2) is 59.4 Å². The van der Waals surface area contributed by atoms with Crippen LogP contribution in [0.2, 0.25) is 10.0 Å². The number of H-pyrrole nitrogens is 1. The van der Waals surface area contributed by atoms with Gasteiger partial charge in [0.1, 0.15) is 5.82 Å². The van der Waals surface area contributed by atoms with Gasteiger partial charge >= 0.3 is 6.03 Å². The van der Waals surface area contributed by atoms with Gasteiger partial charge in [0.15, 0.2) is 0 Å². The summed E-state index contributed by atoms with van der Waals surface area (Å²) in [6, 6.07) is 14.1. The number of carbonyl (C=O) groups is 1. The fourth-order valence-corrected chi connectivity index (χ4v) is 3.12. The largest absolute Gasteiger partial charge is 0.396 e. The van der Waals surface area contributed by atoms with Crippen molar-refractivity contribution in [1.82, 2.24) is 15.3 Å². The highest BCUT2D eigenvalue weighted by Crippen LogP contribution is 2.18. The molecule has 3 aromatic rings. The lowest BCUT2D eigenvalue weighted by atomic mass is 10.1. The Morgan fingerprint density at radius 1 is 1.07 bits per heavy atom. The SMILES string of the molecule is O=C(Nc1ccc(Cl)cc1)N[C@@H](Cc1ccc(Cl)cc1)c1nc(CCO)cc(=O)[nH]1. The summed E-state index contributed by atoms with van der Waals surface area (Å²) in [6.45, 7) is -0.137. The number of nitrogens with one attached hydrogen (secondary N) is 3. The number of urea groups is 1. The molecule has 30 heavy (non-hydrogen) atoms. The third-order valence-corrected chi connectivity index (χ3v) is 4.78. The molecular weight excluding hydrogens is 427 g/mol. The van der Waals surface area contributed by atoms with Crippen molar-refractivity contribution in [3.63, 3.8) is 0 Å². The van der Waals surface area contributed by atoms with Gasteiger partial charge < -0.3 is 20.7 Å². The minimum absolute atomic E-state index is 0.137. The molecule has 0 aliphatic rings. The molecule has 0 bridgehead atoms. The van der Waals surface area contributed by atoms with E-state index in [0.717, 1.165) is 5.56 Å². The van der Waals surface area contributed by atoms with Gasteiger partial charge in [-0.25, -0.2) is 9.78 Å². The first kappa shape index (κ1) is 21.8. The highest BCUT2D eigenvalue weighted by Gasteiger charge is 2.19. The lowest BCUT2D eigenvalue weighted by Gasteiger charge is -2.19. The van der Waals surface area contributed by atoms with Crippen LogP contribution in [-0.4, -0.2) is 27.7 Å². The van der Waals surface area contributed by atoms with Gasteiger partial charge in [-0.15, -0.1) is 0 Å². The topological polar surface area (TPSA) is 107 Å². The molecule has 156 valence electrons. The summed E-state index contributed by atoms with van der Waals surface area (Å²) in [7, 11) is 0. The van der Waals surface area contributed by atoms with Crippen molar-refractivity contribution < 1.29 is 9.90 Å². The van der Waals surface area contributed by atoms with Crippen molar-refractivity contribution in [3.05, 3.63) is 92.1 Å². The molecule has 3 rings (SSSR count). The van der Waals surface area contributed by atoms with Crippen molar-refractivity contribution in [2.75, 3.05) is 11.9 Å². The first-order valence-electron chi connectivity index (χ1n) is 9.21. The molecule has 7 nitrogen and oxygen atoms in total. The Balaban J connectivity index is 1.85.